The Labute approximate surface area is 116 Å². The van der Waals surface area contributed by atoms with Crippen molar-refractivity contribution in [1.82, 2.24) is 9.55 Å². The number of aliphatic carboxylic acids is 1. The van der Waals surface area contributed by atoms with Crippen molar-refractivity contribution < 1.29 is 9.90 Å². The third-order valence-electron chi connectivity index (χ3n) is 3.24. The van der Waals surface area contributed by atoms with Crippen molar-refractivity contribution in [2.75, 3.05) is 5.75 Å². The summed E-state index contributed by atoms with van der Waals surface area (Å²) < 4.78 is 2.16. The number of hydrogen-bond acceptors (Lipinski definition) is 3. The first-order chi connectivity index (χ1) is 9.04. The molecule has 19 heavy (non-hydrogen) atoms. The zero-order chi connectivity index (χ0) is 14.0. The number of thioether (sulfide) groups is 1. The van der Waals surface area contributed by atoms with E-state index in [9.17, 15) is 4.79 Å². The van der Waals surface area contributed by atoms with E-state index in [1.807, 2.05) is 12.1 Å². The normalized spacial score (nSPS) is 12.8. The van der Waals surface area contributed by atoms with Crippen molar-refractivity contribution >= 4 is 28.8 Å². The lowest BCUT2D eigenvalue weighted by atomic mass is 10.2. The van der Waals surface area contributed by atoms with Crippen LogP contribution in [0.15, 0.2) is 23.4 Å². The van der Waals surface area contributed by atoms with Crippen LogP contribution in [0, 0.1) is 6.92 Å². The van der Waals surface area contributed by atoms with Crippen LogP contribution < -0.4 is 0 Å². The van der Waals surface area contributed by atoms with Crippen molar-refractivity contribution in [3.63, 3.8) is 0 Å². The molecule has 0 saturated heterocycles. The van der Waals surface area contributed by atoms with Crippen LogP contribution in [0.1, 0.15) is 31.9 Å². The molecule has 1 atom stereocenters. The number of fused-ring (bicyclic) bond motifs is 1. The van der Waals surface area contributed by atoms with Crippen molar-refractivity contribution in [1.29, 1.82) is 0 Å². The number of hydrogen-bond donors (Lipinski definition) is 1. The van der Waals surface area contributed by atoms with Gasteiger partial charge in [-0.1, -0.05) is 30.8 Å². The SMILES string of the molecule is CCC(C)n1c(SCC(=O)O)nc2cccc(C)c21. The van der Waals surface area contributed by atoms with Gasteiger partial charge in [0.05, 0.1) is 16.8 Å². The van der Waals surface area contributed by atoms with Crippen LogP contribution in [0.4, 0.5) is 0 Å². The van der Waals surface area contributed by atoms with Crippen molar-refractivity contribution in [2.45, 2.75) is 38.4 Å². The lowest BCUT2D eigenvalue weighted by Crippen LogP contribution is -2.07. The standard InChI is InChI=1S/C14H18N2O2S/c1-4-10(3)16-13-9(2)6-5-7-11(13)15-14(16)19-8-12(17)18/h5-7,10H,4,8H2,1-3H3,(H,17,18). The van der Waals surface area contributed by atoms with Crippen LogP contribution in [0.25, 0.3) is 11.0 Å². The molecular formula is C14H18N2O2S. The van der Waals surface area contributed by atoms with Crippen LogP contribution in [0.3, 0.4) is 0 Å². The molecule has 0 saturated carbocycles. The van der Waals surface area contributed by atoms with Gasteiger partial charge in [-0.05, 0) is 31.9 Å². The van der Waals surface area contributed by atoms with Crippen LogP contribution in [-0.2, 0) is 4.79 Å². The van der Waals surface area contributed by atoms with Crippen LogP contribution >= 0.6 is 11.8 Å². The van der Waals surface area contributed by atoms with Gasteiger partial charge in [0, 0.05) is 6.04 Å². The summed E-state index contributed by atoms with van der Waals surface area (Å²) in [4.78, 5) is 15.3. The van der Waals surface area contributed by atoms with E-state index in [1.165, 1.54) is 17.3 Å². The average molecular weight is 278 g/mol. The Morgan fingerprint density at radius 2 is 2.26 bits per heavy atom. The Hall–Kier alpha value is -1.49. The molecule has 1 aromatic heterocycles. The van der Waals surface area contributed by atoms with E-state index in [1.54, 1.807) is 0 Å². The summed E-state index contributed by atoms with van der Waals surface area (Å²) in [5.74, 6) is -0.775. The molecule has 0 spiro atoms. The van der Waals surface area contributed by atoms with Gasteiger partial charge in [0.1, 0.15) is 0 Å². The summed E-state index contributed by atoms with van der Waals surface area (Å²) in [6, 6.07) is 6.33. The number of imidazole rings is 1. The molecule has 0 aliphatic carbocycles. The fraction of sp³-hybridized carbons (Fsp3) is 0.429. The van der Waals surface area contributed by atoms with E-state index >= 15 is 0 Å². The zero-order valence-corrected chi connectivity index (χ0v) is 12.2. The van der Waals surface area contributed by atoms with Gasteiger partial charge in [-0.3, -0.25) is 4.79 Å². The maximum atomic E-state index is 10.7. The summed E-state index contributed by atoms with van der Waals surface area (Å²) in [5, 5.41) is 9.63. The fourth-order valence-electron chi connectivity index (χ4n) is 2.12. The fourth-order valence-corrected chi connectivity index (χ4v) is 2.95. The smallest absolute Gasteiger partial charge is 0.313 e. The van der Waals surface area contributed by atoms with Crippen molar-refractivity contribution in [3.05, 3.63) is 23.8 Å². The van der Waals surface area contributed by atoms with E-state index in [2.05, 4.69) is 36.4 Å². The topological polar surface area (TPSA) is 55.1 Å². The van der Waals surface area contributed by atoms with Gasteiger partial charge in [0.2, 0.25) is 0 Å². The molecule has 2 rings (SSSR count). The molecule has 0 radical (unpaired) electrons. The molecule has 0 bridgehead atoms. The second-order valence-corrected chi connectivity index (χ2v) is 5.59. The molecule has 5 heteroatoms. The predicted octanol–water partition coefficient (Wildman–Crippen LogP) is 3.49. The Kier molecular flexibility index (Phi) is 4.14. The highest BCUT2D eigenvalue weighted by Crippen LogP contribution is 2.30. The molecule has 1 N–H and O–H groups in total. The number of nitrogens with zero attached hydrogens (tertiary/aromatic N) is 2. The van der Waals surface area contributed by atoms with E-state index < -0.39 is 5.97 Å². The number of para-hydroxylation sites is 1. The summed E-state index contributed by atoms with van der Waals surface area (Å²) in [7, 11) is 0. The Bertz CT molecular complexity index is 607. The minimum atomic E-state index is -0.815. The minimum absolute atomic E-state index is 0.0405. The van der Waals surface area contributed by atoms with Crippen LogP contribution in [-0.4, -0.2) is 26.4 Å². The number of carboxylic acids is 1. The van der Waals surface area contributed by atoms with Gasteiger partial charge >= 0.3 is 5.97 Å². The quantitative estimate of drug-likeness (QED) is 0.851. The molecular weight excluding hydrogens is 260 g/mol. The van der Waals surface area contributed by atoms with Crippen molar-refractivity contribution in [3.8, 4) is 0 Å². The van der Waals surface area contributed by atoms with Crippen molar-refractivity contribution in [2.24, 2.45) is 0 Å². The lowest BCUT2D eigenvalue weighted by Gasteiger charge is -2.16. The Morgan fingerprint density at radius 3 is 2.89 bits per heavy atom. The van der Waals surface area contributed by atoms with E-state index in [4.69, 9.17) is 5.11 Å². The van der Waals surface area contributed by atoms with E-state index in [-0.39, 0.29) is 5.75 Å². The van der Waals surface area contributed by atoms with Crippen LogP contribution in [0.5, 0.6) is 0 Å². The molecule has 2 aromatic rings. The minimum Gasteiger partial charge on any atom is -0.481 e. The number of aromatic nitrogens is 2. The first-order valence-corrected chi connectivity index (χ1v) is 7.35. The number of carbonyl (C=O) groups is 1. The monoisotopic (exact) mass is 278 g/mol. The lowest BCUT2D eigenvalue weighted by molar-refractivity contribution is -0.133. The molecule has 0 amide bonds. The third-order valence-corrected chi connectivity index (χ3v) is 4.17. The molecule has 1 heterocycles. The second-order valence-electron chi connectivity index (χ2n) is 4.65. The summed E-state index contributed by atoms with van der Waals surface area (Å²) in [6.07, 6.45) is 0.987. The number of carboxylic acid groups (broad SMARTS) is 1. The van der Waals surface area contributed by atoms with Gasteiger partial charge in [-0.15, -0.1) is 0 Å². The predicted molar refractivity (Wildman–Crippen MR) is 77.8 cm³/mol. The number of rotatable bonds is 5. The molecule has 1 aromatic carbocycles. The Balaban J connectivity index is 2.55. The molecule has 0 aliphatic rings. The van der Waals surface area contributed by atoms with Gasteiger partial charge in [0.15, 0.2) is 5.16 Å². The van der Waals surface area contributed by atoms with E-state index in [0.29, 0.717) is 6.04 Å². The number of benzene rings is 1. The first-order valence-electron chi connectivity index (χ1n) is 6.36. The van der Waals surface area contributed by atoms with Gasteiger partial charge in [-0.25, -0.2) is 4.98 Å². The van der Waals surface area contributed by atoms with Gasteiger partial charge < -0.3 is 9.67 Å². The molecule has 1 unspecified atom stereocenters. The van der Waals surface area contributed by atoms with Gasteiger partial charge in [0.25, 0.3) is 0 Å². The summed E-state index contributed by atoms with van der Waals surface area (Å²) in [6.45, 7) is 6.33. The molecule has 4 nitrogen and oxygen atoms in total. The highest BCUT2D eigenvalue weighted by molar-refractivity contribution is 7.99. The first kappa shape index (κ1) is 13.9. The largest absolute Gasteiger partial charge is 0.481 e. The maximum absolute atomic E-state index is 10.7. The number of aryl methyl sites for hydroxylation is 1. The summed E-state index contributed by atoms with van der Waals surface area (Å²) in [5.41, 5.74) is 3.23. The summed E-state index contributed by atoms with van der Waals surface area (Å²) >= 11 is 1.29. The highest BCUT2D eigenvalue weighted by Gasteiger charge is 2.17. The average Bonchev–Trinajstić information content (AvgIpc) is 2.75. The molecule has 0 aliphatic heterocycles. The van der Waals surface area contributed by atoms with Gasteiger partial charge in [-0.2, -0.15) is 0 Å². The Morgan fingerprint density at radius 1 is 1.53 bits per heavy atom. The zero-order valence-electron chi connectivity index (χ0n) is 11.4. The molecule has 102 valence electrons. The van der Waals surface area contributed by atoms with Crippen LogP contribution in [0.2, 0.25) is 0 Å². The second kappa shape index (κ2) is 5.65. The maximum Gasteiger partial charge on any atom is 0.313 e. The highest BCUT2D eigenvalue weighted by atomic mass is 32.2. The molecule has 0 fully saturated rings. The third kappa shape index (κ3) is 2.76. The van der Waals surface area contributed by atoms with E-state index in [0.717, 1.165) is 22.6 Å².